The van der Waals surface area contributed by atoms with Crippen LogP contribution in [0.15, 0.2) is 45.8 Å². The molecule has 94 valence electrons. The number of aryl methyl sites for hydroxylation is 1. The minimum absolute atomic E-state index is 0.194. The SMILES string of the molecule is Cc1cc(C(=O)NCCSc2ccccc2)no1. The van der Waals surface area contributed by atoms with Crippen molar-refractivity contribution in [1.82, 2.24) is 10.5 Å². The lowest BCUT2D eigenvalue weighted by molar-refractivity contribution is 0.0947. The van der Waals surface area contributed by atoms with Gasteiger partial charge in [0.05, 0.1) is 0 Å². The first kappa shape index (κ1) is 12.7. The van der Waals surface area contributed by atoms with E-state index in [2.05, 4.69) is 10.5 Å². The van der Waals surface area contributed by atoms with Crippen LogP contribution in [0.2, 0.25) is 0 Å². The Morgan fingerprint density at radius 2 is 2.17 bits per heavy atom. The number of hydrogen-bond acceptors (Lipinski definition) is 4. The van der Waals surface area contributed by atoms with Crippen molar-refractivity contribution in [2.45, 2.75) is 11.8 Å². The van der Waals surface area contributed by atoms with Crippen LogP contribution >= 0.6 is 11.8 Å². The summed E-state index contributed by atoms with van der Waals surface area (Å²) in [7, 11) is 0. The molecule has 0 aliphatic carbocycles. The third-order valence-electron chi connectivity index (χ3n) is 2.26. The topological polar surface area (TPSA) is 55.1 Å². The Morgan fingerprint density at radius 3 is 2.83 bits per heavy atom. The standard InChI is InChI=1S/C13H14N2O2S/c1-10-9-12(15-17-10)13(16)14-7-8-18-11-5-3-2-4-6-11/h2-6,9H,7-8H2,1H3,(H,14,16). The van der Waals surface area contributed by atoms with Crippen LogP contribution < -0.4 is 5.32 Å². The second kappa shape index (κ2) is 6.26. The summed E-state index contributed by atoms with van der Waals surface area (Å²) in [5.41, 5.74) is 0.331. The number of aromatic nitrogens is 1. The predicted octanol–water partition coefficient (Wildman–Crippen LogP) is 2.51. The van der Waals surface area contributed by atoms with E-state index in [1.165, 1.54) is 4.90 Å². The molecule has 0 radical (unpaired) electrons. The van der Waals surface area contributed by atoms with E-state index in [1.807, 2.05) is 30.3 Å². The van der Waals surface area contributed by atoms with Gasteiger partial charge in [0.25, 0.3) is 5.91 Å². The Bertz CT molecular complexity index is 511. The molecule has 1 amide bonds. The van der Waals surface area contributed by atoms with Crippen LogP contribution in [0.1, 0.15) is 16.2 Å². The molecule has 1 aromatic heterocycles. The van der Waals surface area contributed by atoms with Crippen molar-refractivity contribution in [2.75, 3.05) is 12.3 Å². The molecular formula is C13H14N2O2S. The lowest BCUT2D eigenvalue weighted by Crippen LogP contribution is -2.25. The normalized spacial score (nSPS) is 10.3. The molecule has 1 N–H and O–H groups in total. The van der Waals surface area contributed by atoms with Gasteiger partial charge in [-0.2, -0.15) is 0 Å². The van der Waals surface area contributed by atoms with Gasteiger partial charge in [0.1, 0.15) is 5.76 Å². The third kappa shape index (κ3) is 3.63. The summed E-state index contributed by atoms with van der Waals surface area (Å²) < 4.78 is 4.85. The van der Waals surface area contributed by atoms with E-state index in [0.29, 0.717) is 18.0 Å². The lowest BCUT2D eigenvalue weighted by atomic mass is 10.3. The molecule has 0 aliphatic heterocycles. The zero-order chi connectivity index (χ0) is 12.8. The highest BCUT2D eigenvalue weighted by Gasteiger charge is 2.09. The summed E-state index contributed by atoms with van der Waals surface area (Å²) >= 11 is 1.70. The van der Waals surface area contributed by atoms with Gasteiger partial charge in [-0.25, -0.2) is 0 Å². The number of carbonyl (C=O) groups is 1. The highest BCUT2D eigenvalue weighted by atomic mass is 32.2. The first-order valence-electron chi connectivity index (χ1n) is 5.65. The number of rotatable bonds is 5. The number of carbonyl (C=O) groups excluding carboxylic acids is 1. The Labute approximate surface area is 110 Å². The molecule has 0 saturated heterocycles. The Hall–Kier alpha value is -1.75. The van der Waals surface area contributed by atoms with Crippen molar-refractivity contribution in [1.29, 1.82) is 0 Å². The minimum atomic E-state index is -0.194. The smallest absolute Gasteiger partial charge is 0.273 e. The molecule has 5 heteroatoms. The molecule has 4 nitrogen and oxygen atoms in total. The summed E-state index contributed by atoms with van der Waals surface area (Å²) in [5.74, 6) is 1.27. The third-order valence-corrected chi connectivity index (χ3v) is 3.27. The number of amides is 1. The first-order valence-corrected chi connectivity index (χ1v) is 6.63. The van der Waals surface area contributed by atoms with E-state index in [9.17, 15) is 4.79 Å². The largest absolute Gasteiger partial charge is 0.361 e. The van der Waals surface area contributed by atoms with Gasteiger partial charge < -0.3 is 9.84 Å². The van der Waals surface area contributed by atoms with Crippen LogP contribution in [0.5, 0.6) is 0 Å². The average molecular weight is 262 g/mol. The predicted molar refractivity (Wildman–Crippen MR) is 70.7 cm³/mol. The van der Waals surface area contributed by atoms with Gasteiger partial charge in [-0.05, 0) is 19.1 Å². The molecule has 0 saturated carbocycles. The van der Waals surface area contributed by atoms with Gasteiger partial charge in [0.15, 0.2) is 5.69 Å². The van der Waals surface area contributed by atoms with Crippen molar-refractivity contribution in [2.24, 2.45) is 0 Å². The van der Waals surface area contributed by atoms with Gasteiger partial charge in [0.2, 0.25) is 0 Å². The number of benzene rings is 1. The van der Waals surface area contributed by atoms with E-state index >= 15 is 0 Å². The second-order valence-corrected chi connectivity index (χ2v) is 4.91. The van der Waals surface area contributed by atoms with Crippen molar-refractivity contribution in [3.8, 4) is 0 Å². The molecule has 0 fully saturated rings. The fourth-order valence-electron chi connectivity index (χ4n) is 1.41. The molecule has 2 aromatic rings. The molecule has 0 atom stereocenters. The minimum Gasteiger partial charge on any atom is -0.361 e. The maximum atomic E-state index is 11.6. The van der Waals surface area contributed by atoms with E-state index in [1.54, 1.807) is 24.8 Å². The van der Waals surface area contributed by atoms with Crippen molar-refractivity contribution in [3.63, 3.8) is 0 Å². The highest BCUT2D eigenvalue weighted by Crippen LogP contribution is 2.15. The second-order valence-electron chi connectivity index (χ2n) is 3.74. The summed E-state index contributed by atoms with van der Waals surface area (Å²) in [5, 5.41) is 6.46. The van der Waals surface area contributed by atoms with Crippen LogP contribution in [0, 0.1) is 6.92 Å². The summed E-state index contributed by atoms with van der Waals surface area (Å²) in [6.07, 6.45) is 0. The molecule has 0 bridgehead atoms. The van der Waals surface area contributed by atoms with Gasteiger partial charge >= 0.3 is 0 Å². The molecule has 1 aromatic carbocycles. The highest BCUT2D eigenvalue weighted by molar-refractivity contribution is 7.99. The van der Waals surface area contributed by atoms with E-state index < -0.39 is 0 Å². The Morgan fingerprint density at radius 1 is 1.39 bits per heavy atom. The van der Waals surface area contributed by atoms with Crippen LogP contribution in [-0.4, -0.2) is 23.4 Å². The van der Waals surface area contributed by atoms with Crippen LogP contribution in [0.4, 0.5) is 0 Å². The van der Waals surface area contributed by atoms with Crippen LogP contribution in [-0.2, 0) is 0 Å². The zero-order valence-corrected chi connectivity index (χ0v) is 10.9. The molecule has 0 unspecified atom stereocenters. The van der Waals surface area contributed by atoms with E-state index in [0.717, 1.165) is 5.75 Å². The monoisotopic (exact) mass is 262 g/mol. The van der Waals surface area contributed by atoms with E-state index in [-0.39, 0.29) is 5.91 Å². The molecule has 18 heavy (non-hydrogen) atoms. The van der Waals surface area contributed by atoms with Crippen LogP contribution in [0.25, 0.3) is 0 Å². The van der Waals surface area contributed by atoms with Gasteiger partial charge in [-0.3, -0.25) is 4.79 Å². The Kier molecular flexibility index (Phi) is 4.41. The molecule has 0 aliphatic rings. The van der Waals surface area contributed by atoms with Gasteiger partial charge in [0, 0.05) is 23.3 Å². The fourth-order valence-corrected chi connectivity index (χ4v) is 2.20. The van der Waals surface area contributed by atoms with Gasteiger partial charge in [-0.1, -0.05) is 23.4 Å². The summed E-state index contributed by atoms with van der Waals surface area (Å²) in [6.45, 7) is 2.36. The first-order chi connectivity index (χ1) is 8.75. The summed E-state index contributed by atoms with van der Waals surface area (Å²) in [6, 6.07) is 11.7. The van der Waals surface area contributed by atoms with Crippen molar-refractivity contribution < 1.29 is 9.32 Å². The fraction of sp³-hybridized carbons (Fsp3) is 0.231. The number of thioether (sulfide) groups is 1. The molecule has 0 spiro atoms. The molecular weight excluding hydrogens is 248 g/mol. The van der Waals surface area contributed by atoms with Gasteiger partial charge in [-0.15, -0.1) is 11.8 Å². The average Bonchev–Trinajstić information content (AvgIpc) is 2.82. The van der Waals surface area contributed by atoms with E-state index in [4.69, 9.17) is 4.52 Å². The lowest BCUT2D eigenvalue weighted by Gasteiger charge is -2.02. The summed E-state index contributed by atoms with van der Waals surface area (Å²) in [4.78, 5) is 12.8. The van der Waals surface area contributed by atoms with Crippen molar-refractivity contribution in [3.05, 3.63) is 47.9 Å². The Balaban J connectivity index is 1.71. The quantitative estimate of drug-likeness (QED) is 0.664. The van der Waals surface area contributed by atoms with Crippen LogP contribution in [0.3, 0.4) is 0 Å². The zero-order valence-electron chi connectivity index (χ0n) is 10.1. The molecule has 2 rings (SSSR count). The van der Waals surface area contributed by atoms with Crippen molar-refractivity contribution >= 4 is 17.7 Å². The number of hydrogen-bond donors (Lipinski definition) is 1. The maximum absolute atomic E-state index is 11.6. The number of nitrogens with one attached hydrogen (secondary N) is 1. The maximum Gasteiger partial charge on any atom is 0.273 e. The molecule has 1 heterocycles. The number of nitrogens with zero attached hydrogens (tertiary/aromatic N) is 1.